The van der Waals surface area contributed by atoms with Crippen LogP contribution in [0.5, 0.6) is 0 Å². The lowest BCUT2D eigenvalue weighted by molar-refractivity contribution is -0.376. The molecule has 0 aromatic heterocycles. The van der Waals surface area contributed by atoms with E-state index in [-0.39, 0.29) is 13.1 Å². The monoisotopic (exact) mass is 521 g/mol. The first-order valence-electron chi connectivity index (χ1n) is 11.0. The van der Waals surface area contributed by atoms with Crippen LogP contribution in [0.2, 0.25) is 0 Å². The maximum atomic E-state index is 13.6. The van der Waals surface area contributed by atoms with Crippen LogP contribution in [0, 0.1) is 5.82 Å². The third-order valence-electron chi connectivity index (χ3n) is 6.40. The summed E-state index contributed by atoms with van der Waals surface area (Å²) in [5.41, 5.74) is -7.15. The quantitative estimate of drug-likeness (QED) is 0.474. The molecule has 2 atom stereocenters. The molecule has 2 aromatic carbocycles. The van der Waals surface area contributed by atoms with Gasteiger partial charge in [0.15, 0.2) is 0 Å². The number of aliphatic hydroxyl groups is 1. The number of amides is 1. The molecule has 4 nitrogen and oxygen atoms in total. The number of alkyl halides is 6. The topological polar surface area (TPSA) is 49.8 Å². The standard InChI is InChI=1S/C25H26F7NO3/c1-21(2,3)36-20(34)33-13-19(22(4,14-33)16-9-11-18(26)12-10-16)15-5-7-17(8-6-15)23(35,24(27,28)29)25(30,31)32/h5-12,19,35H,13-14H2,1-4H3/t19-,22+/m0/s1. The molecule has 198 valence electrons. The smallest absolute Gasteiger partial charge is 0.430 e. The zero-order chi connectivity index (χ0) is 27.3. The number of nitrogens with zero attached hydrogens (tertiary/aromatic N) is 1. The lowest BCUT2D eigenvalue weighted by Crippen LogP contribution is -2.53. The summed E-state index contributed by atoms with van der Waals surface area (Å²) in [5.74, 6) is -1.08. The van der Waals surface area contributed by atoms with Crippen LogP contribution in [0.25, 0.3) is 0 Å². The lowest BCUT2D eigenvalue weighted by Gasteiger charge is -2.34. The van der Waals surface area contributed by atoms with E-state index in [4.69, 9.17) is 4.74 Å². The number of benzene rings is 2. The highest BCUT2D eigenvalue weighted by atomic mass is 19.4. The van der Waals surface area contributed by atoms with Crippen molar-refractivity contribution in [1.29, 1.82) is 0 Å². The Balaban J connectivity index is 2.05. The van der Waals surface area contributed by atoms with Gasteiger partial charge in [0.05, 0.1) is 0 Å². The molecule has 0 radical (unpaired) electrons. The fraction of sp³-hybridized carbons (Fsp3) is 0.480. The summed E-state index contributed by atoms with van der Waals surface area (Å²) in [7, 11) is 0. The van der Waals surface area contributed by atoms with E-state index in [9.17, 15) is 40.6 Å². The van der Waals surface area contributed by atoms with Crippen LogP contribution >= 0.6 is 0 Å². The summed E-state index contributed by atoms with van der Waals surface area (Å²) in [6.07, 6.45) is -12.6. The molecule has 11 heteroatoms. The first-order chi connectivity index (χ1) is 16.3. The second-order valence-electron chi connectivity index (χ2n) is 10.2. The number of carbonyl (C=O) groups is 1. The van der Waals surface area contributed by atoms with E-state index >= 15 is 0 Å². The molecule has 1 saturated heterocycles. The molecule has 1 aliphatic rings. The highest BCUT2D eigenvalue weighted by Crippen LogP contribution is 2.51. The van der Waals surface area contributed by atoms with Gasteiger partial charge in [-0.15, -0.1) is 0 Å². The summed E-state index contributed by atoms with van der Waals surface area (Å²) in [5, 5.41) is 9.69. The molecule has 36 heavy (non-hydrogen) atoms. The molecule has 1 fully saturated rings. The number of carbonyl (C=O) groups excluding carboxylic acids is 1. The Morgan fingerprint density at radius 2 is 1.44 bits per heavy atom. The van der Waals surface area contributed by atoms with Gasteiger partial charge in [0.25, 0.3) is 5.60 Å². The van der Waals surface area contributed by atoms with Gasteiger partial charge >= 0.3 is 18.4 Å². The summed E-state index contributed by atoms with van der Waals surface area (Å²) in [6, 6.07) is 8.79. The number of hydrogen-bond donors (Lipinski definition) is 1. The van der Waals surface area contributed by atoms with Crippen molar-refractivity contribution in [3.05, 3.63) is 71.0 Å². The average molecular weight is 521 g/mol. The van der Waals surface area contributed by atoms with Crippen molar-refractivity contribution >= 4 is 6.09 Å². The molecule has 1 N–H and O–H groups in total. The summed E-state index contributed by atoms with van der Waals surface area (Å²) in [4.78, 5) is 14.2. The Hall–Kier alpha value is -2.82. The van der Waals surface area contributed by atoms with Crippen LogP contribution in [0.1, 0.15) is 50.3 Å². The van der Waals surface area contributed by atoms with E-state index < -0.39 is 52.4 Å². The van der Waals surface area contributed by atoms with E-state index in [1.807, 2.05) is 0 Å². The Morgan fingerprint density at radius 1 is 0.944 bits per heavy atom. The van der Waals surface area contributed by atoms with Gasteiger partial charge in [-0.2, -0.15) is 26.3 Å². The maximum absolute atomic E-state index is 13.6. The number of hydrogen-bond acceptors (Lipinski definition) is 3. The Bertz CT molecular complexity index is 1080. The first kappa shape index (κ1) is 27.8. The minimum Gasteiger partial charge on any atom is -0.444 e. The molecule has 2 aromatic rings. The zero-order valence-corrected chi connectivity index (χ0v) is 20.0. The molecule has 0 unspecified atom stereocenters. The first-order valence-corrected chi connectivity index (χ1v) is 11.0. The van der Waals surface area contributed by atoms with E-state index in [0.717, 1.165) is 12.1 Å². The third-order valence-corrected chi connectivity index (χ3v) is 6.40. The van der Waals surface area contributed by atoms with E-state index in [1.165, 1.54) is 29.2 Å². The maximum Gasteiger partial charge on any atom is 0.430 e. The summed E-state index contributed by atoms with van der Waals surface area (Å²) in [6.45, 7) is 6.96. The van der Waals surface area contributed by atoms with Crippen molar-refractivity contribution in [3.63, 3.8) is 0 Å². The number of halogens is 7. The van der Waals surface area contributed by atoms with Gasteiger partial charge in [0, 0.05) is 30.0 Å². The van der Waals surface area contributed by atoms with E-state index in [0.29, 0.717) is 23.3 Å². The van der Waals surface area contributed by atoms with Crippen molar-refractivity contribution < 1.29 is 45.4 Å². The second-order valence-corrected chi connectivity index (χ2v) is 10.2. The number of ether oxygens (including phenoxy) is 1. The van der Waals surface area contributed by atoms with Gasteiger partial charge in [0.2, 0.25) is 0 Å². The predicted molar refractivity (Wildman–Crippen MR) is 117 cm³/mol. The second kappa shape index (κ2) is 8.93. The molecule has 1 aliphatic heterocycles. The largest absolute Gasteiger partial charge is 0.444 e. The molecule has 1 heterocycles. The molecule has 0 bridgehead atoms. The third kappa shape index (κ3) is 5.02. The fourth-order valence-electron chi connectivity index (χ4n) is 4.50. The van der Waals surface area contributed by atoms with Gasteiger partial charge in [0.1, 0.15) is 11.4 Å². The number of likely N-dealkylation sites (tertiary alicyclic amines) is 1. The lowest BCUT2D eigenvalue weighted by atomic mass is 9.71. The van der Waals surface area contributed by atoms with Gasteiger partial charge in [-0.3, -0.25) is 0 Å². The summed E-state index contributed by atoms with van der Waals surface area (Å²) >= 11 is 0. The van der Waals surface area contributed by atoms with Crippen molar-refractivity contribution in [1.82, 2.24) is 4.90 Å². The zero-order valence-electron chi connectivity index (χ0n) is 20.0. The predicted octanol–water partition coefficient (Wildman–Crippen LogP) is 6.43. The van der Waals surface area contributed by atoms with Gasteiger partial charge in [-0.25, -0.2) is 9.18 Å². The van der Waals surface area contributed by atoms with Crippen molar-refractivity contribution in [2.45, 2.75) is 62.6 Å². The van der Waals surface area contributed by atoms with Crippen LogP contribution in [-0.4, -0.2) is 47.1 Å². The Morgan fingerprint density at radius 3 is 1.89 bits per heavy atom. The van der Waals surface area contributed by atoms with Crippen molar-refractivity contribution in [3.8, 4) is 0 Å². The fourth-order valence-corrected chi connectivity index (χ4v) is 4.50. The average Bonchev–Trinajstić information content (AvgIpc) is 3.10. The normalized spacial score (nSPS) is 21.6. The molecule has 1 amide bonds. The van der Waals surface area contributed by atoms with Gasteiger partial charge in [-0.05, 0) is 44.0 Å². The molecular weight excluding hydrogens is 495 g/mol. The summed E-state index contributed by atoms with van der Waals surface area (Å²) < 4.78 is 98.7. The SMILES string of the molecule is CC(C)(C)OC(=O)N1C[C@@H](c2ccc(C(O)(C(F)(F)F)C(F)(F)F)cc2)[C@@](C)(c2ccc(F)cc2)C1. The highest BCUT2D eigenvalue weighted by molar-refractivity contribution is 5.69. The highest BCUT2D eigenvalue weighted by Gasteiger charge is 2.71. The van der Waals surface area contributed by atoms with Crippen LogP contribution in [0.4, 0.5) is 35.5 Å². The molecule has 0 saturated carbocycles. The van der Waals surface area contributed by atoms with Crippen LogP contribution < -0.4 is 0 Å². The van der Waals surface area contributed by atoms with E-state index in [2.05, 4.69) is 0 Å². The van der Waals surface area contributed by atoms with Crippen molar-refractivity contribution in [2.75, 3.05) is 13.1 Å². The molecule has 0 spiro atoms. The molecule has 0 aliphatic carbocycles. The Kier molecular flexibility index (Phi) is 6.89. The number of rotatable bonds is 3. The van der Waals surface area contributed by atoms with Gasteiger partial charge < -0.3 is 14.7 Å². The van der Waals surface area contributed by atoms with Crippen molar-refractivity contribution in [2.24, 2.45) is 0 Å². The van der Waals surface area contributed by atoms with Crippen LogP contribution in [0.15, 0.2) is 48.5 Å². The molecule has 3 rings (SSSR count). The van der Waals surface area contributed by atoms with Crippen LogP contribution in [0.3, 0.4) is 0 Å². The molecular formula is C25H26F7NO3. The minimum absolute atomic E-state index is 0.0466. The van der Waals surface area contributed by atoms with Gasteiger partial charge in [-0.1, -0.05) is 43.3 Å². The van der Waals surface area contributed by atoms with E-state index in [1.54, 1.807) is 27.7 Å². The Labute approximate surface area is 203 Å². The van der Waals surface area contributed by atoms with Crippen LogP contribution in [-0.2, 0) is 15.8 Å². The minimum atomic E-state index is -6.00.